The molecule has 2 heterocycles. The van der Waals surface area contributed by atoms with E-state index in [4.69, 9.17) is 17.0 Å². The van der Waals surface area contributed by atoms with Crippen molar-refractivity contribution in [3.8, 4) is 0 Å². The Morgan fingerprint density at radius 1 is 1.15 bits per heavy atom. The topological polar surface area (TPSA) is 82.2 Å². The molecule has 9 heteroatoms. The molecule has 2 saturated heterocycles. The number of piperazine rings is 1. The van der Waals surface area contributed by atoms with E-state index >= 15 is 0 Å². The summed E-state index contributed by atoms with van der Waals surface area (Å²) < 4.78 is 4.87. The molecule has 0 bridgehead atoms. The number of hydrogen-bond acceptors (Lipinski definition) is 6. The van der Waals surface area contributed by atoms with Crippen LogP contribution in [0.25, 0.3) is 0 Å². The van der Waals surface area contributed by atoms with E-state index in [1.54, 1.807) is 4.90 Å². The summed E-state index contributed by atoms with van der Waals surface area (Å²) in [6, 6.07) is 6.31. The summed E-state index contributed by atoms with van der Waals surface area (Å²) in [4.78, 5) is 43.7. The molecule has 2 amide bonds. The Labute approximate surface area is 206 Å². The van der Waals surface area contributed by atoms with Crippen LogP contribution in [0.1, 0.15) is 36.8 Å². The fourth-order valence-electron chi connectivity index (χ4n) is 5.38. The van der Waals surface area contributed by atoms with Gasteiger partial charge in [-0.3, -0.25) is 19.3 Å². The van der Waals surface area contributed by atoms with Crippen molar-refractivity contribution in [2.24, 2.45) is 11.8 Å². The highest BCUT2D eigenvalue weighted by molar-refractivity contribution is 7.80. The normalized spacial score (nSPS) is 25.0. The van der Waals surface area contributed by atoms with Crippen molar-refractivity contribution >= 4 is 40.8 Å². The summed E-state index contributed by atoms with van der Waals surface area (Å²) >= 11 is 5.45. The van der Waals surface area contributed by atoms with Crippen LogP contribution < -0.4 is 10.2 Å². The average molecular weight is 487 g/mol. The van der Waals surface area contributed by atoms with Crippen molar-refractivity contribution < 1.29 is 19.1 Å². The molecule has 8 nitrogen and oxygen atoms in total. The van der Waals surface area contributed by atoms with E-state index in [0.717, 1.165) is 13.1 Å². The van der Waals surface area contributed by atoms with Gasteiger partial charge in [-0.25, -0.2) is 0 Å². The van der Waals surface area contributed by atoms with Crippen LogP contribution in [0.15, 0.2) is 18.2 Å². The Hall–Kier alpha value is -2.68. The van der Waals surface area contributed by atoms with Gasteiger partial charge in [0.15, 0.2) is 5.11 Å². The first-order chi connectivity index (χ1) is 16.3. The summed E-state index contributed by atoms with van der Waals surface area (Å²) in [7, 11) is 1.39. The molecule has 34 heavy (non-hydrogen) atoms. The number of rotatable bonds is 5. The molecule has 0 spiro atoms. The highest BCUT2D eigenvalue weighted by Gasteiger charge is 2.44. The number of esters is 1. The van der Waals surface area contributed by atoms with E-state index in [0.29, 0.717) is 37.5 Å². The fraction of sp³-hybridized carbons (Fsp3) is 0.600. The second kappa shape index (κ2) is 10.3. The number of ether oxygens (including phenoxy) is 1. The van der Waals surface area contributed by atoms with Crippen LogP contribution in [0, 0.1) is 25.7 Å². The molecule has 1 aliphatic carbocycles. The first-order valence-electron chi connectivity index (χ1n) is 12.1. The zero-order valence-electron chi connectivity index (χ0n) is 20.2. The van der Waals surface area contributed by atoms with Crippen molar-refractivity contribution in [2.45, 2.75) is 45.6 Å². The van der Waals surface area contributed by atoms with Crippen LogP contribution in [-0.2, 0) is 19.1 Å². The molecule has 3 atom stereocenters. The Balaban J connectivity index is 1.28. The molecule has 3 aliphatic rings. The zero-order chi connectivity index (χ0) is 24.4. The number of nitrogens with one attached hydrogen (secondary N) is 1. The number of carbonyl (C=O) groups excluding carboxylic acids is 3. The number of carbonyl (C=O) groups is 3. The van der Waals surface area contributed by atoms with Crippen molar-refractivity contribution in [3.63, 3.8) is 0 Å². The molecule has 1 saturated carbocycles. The van der Waals surface area contributed by atoms with Gasteiger partial charge in [-0.2, -0.15) is 0 Å². The van der Waals surface area contributed by atoms with Gasteiger partial charge in [0.25, 0.3) is 0 Å². The van der Waals surface area contributed by atoms with Crippen molar-refractivity contribution in [3.05, 3.63) is 29.3 Å². The van der Waals surface area contributed by atoms with Gasteiger partial charge in [-0.05, 0) is 62.5 Å². The first-order valence-corrected chi connectivity index (χ1v) is 12.5. The molecule has 0 radical (unpaired) electrons. The van der Waals surface area contributed by atoms with Crippen molar-refractivity contribution in [1.82, 2.24) is 15.1 Å². The van der Waals surface area contributed by atoms with Gasteiger partial charge in [0.2, 0.25) is 11.8 Å². The molecule has 3 fully saturated rings. The molecule has 0 aromatic heterocycles. The number of aryl methyl sites for hydroxylation is 2. The Bertz CT molecular complexity index is 976. The van der Waals surface area contributed by atoms with Crippen LogP contribution >= 0.6 is 12.2 Å². The second-order valence-electron chi connectivity index (χ2n) is 9.59. The van der Waals surface area contributed by atoms with E-state index in [2.05, 4.69) is 42.3 Å². The van der Waals surface area contributed by atoms with Gasteiger partial charge in [0.1, 0.15) is 0 Å². The van der Waals surface area contributed by atoms with Gasteiger partial charge >= 0.3 is 5.97 Å². The first kappa shape index (κ1) is 24.4. The smallest absolute Gasteiger partial charge is 0.308 e. The number of benzene rings is 1. The minimum atomic E-state index is -0.232. The lowest BCUT2D eigenvalue weighted by Crippen LogP contribution is -2.62. The van der Waals surface area contributed by atoms with Crippen LogP contribution in [0.3, 0.4) is 0 Å². The minimum Gasteiger partial charge on any atom is -0.469 e. The van der Waals surface area contributed by atoms with E-state index in [-0.39, 0.29) is 48.6 Å². The summed E-state index contributed by atoms with van der Waals surface area (Å²) in [5.74, 6) is -0.643. The molecular formula is C25H34N4O4S. The van der Waals surface area contributed by atoms with Crippen molar-refractivity contribution in [2.75, 3.05) is 44.7 Å². The monoisotopic (exact) mass is 486 g/mol. The molecule has 1 aromatic carbocycles. The lowest BCUT2D eigenvalue weighted by Gasteiger charge is -2.43. The van der Waals surface area contributed by atoms with Gasteiger partial charge in [-0.15, -0.1) is 0 Å². The lowest BCUT2D eigenvalue weighted by atomic mass is 9.76. The van der Waals surface area contributed by atoms with Crippen LogP contribution in [0.5, 0.6) is 0 Å². The van der Waals surface area contributed by atoms with E-state index in [1.807, 2.05) is 4.90 Å². The average Bonchev–Trinajstić information content (AvgIpc) is 2.84. The predicted octanol–water partition coefficient (Wildman–Crippen LogP) is 2.02. The third-order valence-electron chi connectivity index (χ3n) is 7.41. The van der Waals surface area contributed by atoms with Crippen molar-refractivity contribution in [1.29, 1.82) is 0 Å². The molecular weight excluding hydrogens is 452 g/mol. The van der Waals surface area contributed by atoms with Crippen LogP contribution in [0.2, 0.25) is 0 Å². The predicted molar refractivity (Wildman–Crippen MR) is 133 cm³/mol. The summed E-state index contributed by atoms with van der Waals surface area (Å²) in [6.45, 7) is 7.42. The molecule has 184 valence electrons. The number of fused-ring (bicyclic) bond motifs is 1. The Kier molecular flexibility index (Phi) is 7.40. The van der Waals surface area contributed by atoms with Gasteiger partial charge < -0.3 is 19.9 Å². The molecule has 1 aromatic rings. The third-order valence-corrected chi connectivity index (χ3v) is 7.75. The summed E-state index contributed by atoms with van der Waals surface area (Å²) in [5.41, 5.74) is 3.71. The maximum Gasteiger partial charge on any atom is 0.308 e. The number of nitrogens with zero attached hydrogens (tertiary/aromatic N) is 3. The Morgan fingerprint density at radius 2 is 1.88 bits per heavy atom. The molecule has 3 unspecified atom stereocenters. The van der Waals surface area contributed by atoms with Gasteiger partial charge in [0, 0.05) is 50.9 Å². The largest absolute Gasteiger partial charge is 0.469 e. The number of methoxy groups -OCH3 is 1. The standard InChI is InChI=1S/C25H34N4O4S/c1-16-4-5-17(2)21(14-16)27-10-12-28(13-11-27)22(30)8-9-29-23(31)19-7-6-18(24(32)33-3)15-20(19)26-25(29)34/h4-5,14,18-20H,6-13,15H2,1-3H3,(H,26,34). The van der Waals surface area contributed by atoms with Gasteiger partial charge in [-0.1, -0.05) is 12.1 Å². The fourth-order valence-corrected chi connectivity index (χ4v) is 5.71. The minimum absolute atomic E-state index is 0.0374. The second-order valence-corrected chi connectivity index (χ2v) is 9.98. The van der Waals surface area contributed by atoms with E-state index in [9.17, 15) is 14.4 Å². The third kappa shape index (κ3) is 5.04. The number of thiocarbonyl (C=S) groups is 1. The molecule has 4 rings (SSSR count). The lowest BCUT2D eigenvalue weighted by molar-refractivity contribution is -0.149. The van der Waals surface area contributed by atoms with E-state index in [1.165, 1.54) is 23.9 Å². The Morgan fingerprint density at radius 3 is 2.59 bits per heavy atom. The zero-order valence-corrected chi connectivity index (χ0v) is 21.0. The highest BCUT2D eigenvalue weighted by Crippen LogP contribution is 2.33. The van der Waals surface area contributed by atoms with Crippen LogP contribution in [0.4, 0.5) is 5.69 Å². The van der Waals surface area contributed by atoms with E-state index < -0.39 is 0 Å². The van der Waals surface area contributed by atoms with Crippen LogP contribution in [-0.4, -0.2) is 78.6 Å². The van der Waals surface area contributed by atoms with Gasteiger partial charge in [0.05, 0.1) is 18.9 Å². The maximum absolute atomic E-state index is 13.1. The number of amides is 2. The quantitative estimate of drug-likeness (QED) is 0.504. The number of anilines is 1. The molecule has 2 aliphatic heterocycles. The highest BCUT2D eigenvalue weighted by atomic mass is 32.1. The maximum atomic E-state index is 13.1. The summed E-state index contributed by atoms with van der Waals surface area (Å²) in [5, 5.41) is 3.59. The summed E-state index contributed by atoms with van der Waals surface area (Å²) in [6.07, 6.45) is 2.04. The number of hydrogen-bond donors (Lipinski definition) is 1. The SMILES string of the molecule is COC(=O)C1CCC2C(=O)N(CCC(=O)N3CCN(c4cc(C)ccc4C)CC3)C(=S)NC2C1. The molecule has 1 N–H and O–H groups in total.